The second-order valence-corrected chi connectivity index (χ2v) is 4.03. The lowest BCUT2D eigenvalue weighted by molar-refractivity contribution is 0.389. The van der Waals surface area contributed by atoms with Gasteiger partial charge in [-0.25, -0.2) is 0 Å². The third-order valence-corrected chi connectivity index (χ3v) is 3.29. The van der Waals surface area contributed by atoms with Gasteiger partial charge in [0.15, 0.2) is 0 Å². The first-order chi connectivity index (χ1) is 6.79. The van der Waals surface area contributed by atoms with Gasteiger partial charge in [0.2, 0.25) is 0 Å². The van der Waals surface area contributed by atoms with Crippen LogP contribution in [0.25, 0.3) is 0 Å². The van der Waals surface area contributed by atoms with Crippen LogP contribution >= 0.6 is 0 Å². The summed E-state index contributed by atoms with van der Waals surface area (Å²) in [6.07, 6.45) is 13.3. The summed E-state index contributed by atoms with van der Waals surface area (Å²) in [5.74, 6) is 0. The quantitative estimate of drug-likeness (QED) is 0.678. The normalized spacial score (nSPS) is 21.7. The van der Waals surface area contributed by atoms with Crippen molar-refractivity contribution in [1.29, 1.82) is 0 Å². The van der Waals surface area contributed by atoms with Crippen LogP contribution in [0.4, 0.5) is 0 Å². The van der Waals surface area contributed by atoms with Crippen molar-refractivity contribution in [1.82, 2.24) is 0 Å². The minimum atomic E-state index is 0.258. The molecule has 1 fully saturated rings. The van der Waals surface area contributed by atoms with E-state index in [1.54, 1.807) is 0 Å². The molecule has 0 unspecified atom stereocenters. The van der Waals surface area contributed by atoms with Gasteiger partial charge in [0.25, 0.3) is 0 Å². The lowest BCUT2D eigenvalue weighted by Crippen LogP contribution is -2.28. The predicted molar refractivity (Wildman–Crippen MR) is 63.0 cm³/mol. The number of allylic oxidation sites excluding steroid dienone is 4. The lowest BCUT2D eigenvalue weighted by Gasteiger charge is -2.28. The molecule has 0 saturated heterocycles. The Kier molecular flexibility index (Phi) is 4.15. The molecule has 1 aliphatic rings. The molecule has 0 aliphatic heterocycles. The van der Waals surface area contributed by atoms with Crippen molar-refractivity contribution in [2.45, 2.75) is 32.6 Å². The molecule has 1 rings (SSSR count). The second-order valence-electron chi connectivity index (χ2n) is 4.03. The van der Waals surface area contributed by atoms with Crippen LogP contribution in [0, 0.1) is 5.41 Å². The molecule has 78 valence electrons. The van der Waals surface area contributed by atoms with Crippen LogP contribution in [0.5, 0.6) is 0 Å². The van der Waals surface area contributed by atoms with Crippen LogP contribution in [-0.2, 0) is 0 Å². The maximum atomic E-state index is 5.92. The number of rotatable bonds is 4. The standard InChI is InChI=1S/C13H21N/c1-3-5-8-12(4-2)13(11-14)9-6-7-10-13/h3-5,8H,1,6-7,9-11,14H2,2H3/b8-5-,12-4+. The van der Waals surface area contributed by atoms with Gasteiger partial charge in [0, 0.05) is 12.0 Å². The van der Waals surface area contributed by atoms with Crippen LogP contribution in [0.2, 0.25) is 0 Å². The molecule has 0 bridgehead atoms. The minimum Gasteiger partial charge on any atom is -0.330 e. The largest absolute Gasteiger partial charge is 0.330 e. The van der Waals surface area contributed by atoms with Crippen LogP contribution in [0.3, 0.4) is 0 Å². The van der Waals surface area contributed by atoms with Crippen molar-refractivity contribution >= 4 is 0 Å². The number of hydrogen-bond acceptors (Lipinski definition) is 1. The molecule has 0 amide bonds. The van der Waals surface area contributed by atoms with E-state index >= 15 is 0 Å². The van der Waals surface area contributed by atoms with Gasteiger partial charge in [-0.15, -0.1) is 0 Å². The summed E-state index contributed by atoms with van der Waals surface area (Å²) in [7, 11) is 0. The summed E-state index contributed by atoms with van der Waals surface area (Å²) in [5.41, 5.74) is 7.56. The Morgan fingerprint density at radius 3 is 2.50 bits per heavy atom. The van der Waals surface area contributed by atoms with E-state index in [-0.39, 0.29) is 5.41 Å². The third-order valence-electron chi connectivity index (χ3n) is 3.29. The summed E-state index contributed by atoms with van der Waals surface area (Å²) in [5, 5.41) is 0. The Labute approximate surface area is 87.4 Å². The number of nitrogens with two attached hydrogens (primary N) is 1. The summed E-state index contributed by atoms with van der Waals surface area (Å²) >= 11 is 0. The Morgan fingerprint density at radius 1 is 1.43 bits per heavy atom. The molecule has 1 saturated carbocycles. The van der Waals surface area contributed by atoms with Gasteiger partial charge in [0.1, 0.15) is 0 Å². The van der Waals surface area contributed by atoms with E-state index in [1.807, 2.05) is 12.2 Å². The van der Waals surface area contributed by atoms with Gasteiger partial charge in [-0.1, -0.05) is 43.7 Å². The molecule has 1 aliphatic carbocycles. The Bertz CT molecular complexity index is 242. The molecule has 1 heteroatoms. The highest BCUT2D eigenvalue weighted by Crippen LogP contribution is 2.43. The van der Waals surface area contributed by atoms with Gasteiger partial charge in [-0.3, -0.25) is 0 Å². The van der Waals surface area contributed by atoms with Crippen molar-refractivity contribution in [3.8, 4) is 0 Å². The lowest BCUT2D eigenvalue weighted by atomic mass is 9.78. The van der Waals surface area contributed by atoms with Gasteiger partial charge in [-0.2, -0.15) is 0 Å². The van der Waals surface area contributed by atoms with E-state index in [0.29, 0.717) is 0 Å². The van der Waals surface area contributed by atoms with Crippen molar-refractivity contribution in [3.05, 3.63) is 36.5 Å². The van der Waals surface area contributed by atoms with Crippen LogP contribution in [0.15, 0.2) is 36.5 Å². The first-order valence-electron chi connectivity index (χ1n) is 5.45. The van der Waals surface area contributed by atoms with E-state index in [4.69, 9.17) is 5.73 Å². The molecule has 1 nitrogen and oxygen atoms in total. The molecule has 0 spiro atoms. The predicted octanol–water partition coefficient (Wildman–Crippen LogP) is 3.19. The average molecular weight is 191 g/mol. The number of hydrogen-bond donors (Lipinski definition) is 1. The fourth-order valence-electron chi connectivity index (χ4n) is 2.41. The fraction of sp³-hybridized carbons (Fsp3) is 0.538. The molecular weight excluding hydrogens is 170 g/mol. The zero-order chi connectivity index (χ0) is 10.4. The molecular formula is C13H21N. The van der Waals surface area contributed by atoms with Crippen molar-refractivity contribution in [2.24, 2.45) is 11.1 Å². The molecule has 0 aromatic rings. The Balaban J connectivity index is 2.85. The van der Waals surface area contributed by atoms with E-state index < -0.39 is 0 Å². The molecule has 0 aromatic carbocycles. The highest BCUT2D eigenvalue weighted by atomic mass is 14.6. The summed E-state index contributed by atoms with van der Waals surface area (Å²) in [6, 6.07) is 0. The van der Waals surface area contributed by atoms with Gasteiger partial charge < -0.3 is 5.73 Å². The smallest absolute Gasteiger partial charge is 0.00723 e. The van der Waals surface area contributed by atoms with E-state index in [9.17, 15) is 0 Å². The summed E-state index contributed by atoms with van der Waals surface area (Å²) in [6.45, 7) is 6.56. The highest BCUT2D eigenvalue weighted by Gasteiger charge is 2.34. The summed E-state index contributed by atoms with van der Waals surface area (Å²) < 4.78 is 0. The fourth-order valence-corrected chi connectivity index (χ4v) is 2.41. The topological polar surface area (TPSA) is 26.0 Å². The summed E-state index contributed by atoms with van der Waals surface area (Å²) in [4.78, 5) is 0. The Hall–Kier alpha value is -0.820. The Morgan fingerprint density at radius 2 is 2.07 bits per heavy atom. The maximum absolute atomic E-state index is 5.92. The zero-order valence-electron chi connectivity index (χ0n) is 9.13. The van der Waals surface area contributed by atoms with Gasteiger partial charge >= 0.3 is 0 Å². The maximum Gasteiger partial charge on any atom is 0.00723 e. The van der Waals surface area contributed by atoms with E-state index in [0.717, 1.165) is 6.54 Å². The highest BCUT2D eigenvalue weighted by molar-refractivity contribution is 5.29. The first-order valence-corrected chi connectivity index (χ1v) is 5.45. The monoisotopic (exact) mass is 191 g/mol. The zero-order valence-corrected chi connectivity index (χ0v) is 9.13. The SMILES string of the molecule is C=C/C=C\C(=C/C)C1(CN)CCCC1. The minimum absolute atomic E-state index is 0.258. The second kappa shape index (κ2) is 5.16. The van der Waals surface area contributed by atoms with E-state index in [1.165, 1.54) is 31.3 Å². The van der Waals surface area contributed by atoms with Crippen molar-refractivity contribution in [3.63, 3.8) is 0 Å². The molecule has 2 N–H and O–H groups in total. The van der Waals surface area contributed by atoms with E-state index in [2.05, 4.69) is 25.7 Å². The molecule has 0 atom stereocenters. The average Bonchev–Trinajstić information content (AvgIpc) is 2.69. The van der Waals surface area contributed by atoms with Crippen LogP contribution in [-0.4, -0.2) is 6.54 Å². The van der Waals surface area contributed by atoms with Gasteiger partial charge in [-0.05, 0) is 25.3 Å². The molecule has 14 heavy (non-hydrogen) atoms. The molecule has 0 radical (unpaired) electrons. The van der Waals surface area contributed by atoms with Crippen molar-refractivity contribution in [2.75, 3.05) is 6.54 Å². The third kappa shape index (κ3) is 2.16. The van der Waals surface area contributed by atoms with Crippen LogP contribution < -0.4 is 5.73 Å². The first kappa shape index (κ1) is 11.3. The van der Waals surface area contributed by atoms with Gasteiger partial charge in [0.05, 0.1) is 0 Å². The van der Waals surface area contributed by atoms with Crippen LogP contribution in [0.1, 0.15) is 32.6 Å². The van der Waals surface area contributed by atoms with Crippen molar-refractivity contribution < 1.29 is 0 Å². The molecule has 0 heterocycles. The molecule has 0 aromatic heterocycles.